The molecule has 258 valence electrons. The van der Waals surface area contributed by atoms with Crippen molar-refractivity contribution in [2.24, 2.45) is 0 Å². The van der Waals surface area contributed by atoms with Crippen LogP contribution >= 0.6 is 0 Å². The number of hydrogen-bond acceptors (Lipinski definition) is 7. The zero-order chi connectivity index (χ0) is 34.4. The van der Waals surface area contributed by atoms with Crippen LogP contribution < -0.4 is 15.4 Å². The van der Waals surface area contributed by atoms with Crippen molar-refractivity contribution in [3.8, 4) is 5.75 Å². The molecular weight excluding hydrogens is 622 g/mol. The first-order chi connectivity index (χ1) is 23.1. The summed E-state index contributed by atoms with van der Waals surface area (Å²) in [7, 11) is 3.12. The summed E-state index contributed by atoms with van der Waals surface area (Å²) >= 11 is 0. The number of nitrogens with zero attached hydrogens (tertiary/aromatic N) is 4. The fraction of sp³-hybridized carbons (Fsp3) is 0.486. The lowest BCUT2D eigenvalue weighted by Crippen LogP contribution is -2.58. The number of nitrogens with one attached hydrogen (secondary N) is 2. The standard InChI is InChI=1S/C35H44F2N6O5/c1-22(38-3)33(44)40-32(23(2)47-4)35(46)43-20-29(48-28-13-11-26(37)12-14-28)18-27(43)19-42(17-15-24-7-9-25(36)10-8-24)34(45)30-21-41-16-5-6-31(41)39-30/h7-14,21-23,27,29,32,38H,5-6,15-20H2,1-4H3,(H,40,44). The van der Waals surface area contributed by atoms with Gasteiger partial charge in [0.05, 0.1) is 24.7 Å². The average Bonchev–Trinajstić information content (AvgIpc) is 3.81. The Balaban J connectivity index is 1.43. The first-order valence-corrected chi connectivity index (χ1v) is 16.4. The van der Waals surface area contributed by atoms with E-state index in [9.17, 15) is 23.2 Å². The van der Waals surface area contributed by atoms with E-state index < -0.39 is 36.2 Å². The molecule has 3 aromatic rings. The lowest BCUT2D eigenvalue weighted by atomic mass is 10.1. The van der Waals surface area contributed by atoms with Gasteiger partial charge in [0.1, 0.15) is 41.0 Å². The fourth-order valence-corrected chi connectivity index (χ4v) is 6.18. The second-order valence-corrected chi connectivity index (χ2v) is 12.5. The van der Waals surface area contributed by atoms with Crippen molar-refractivity contribution in [3.05, 3.63) is 83.4 Å². The van der Waals surface area contributed by atoms with Gasteiger partial charge in [-0.1, -0.05) is 12.1 Å². The molecule has 0 aliphatic carbocycles. The van der Waals surface area contributed by atoms with Crippen molar-refractivity contribution in [2.45, 2.75) is 76.4 Å². The number of aryl methyl sites for hydroxylation is 2. The number of methoxy groups -OCH3 is 1. The molecule has 1 saturated heterocycles. The predicted molar refractivity (Wildman–Crippen MR) is 174 cm³/mol. The Kier molecular flexibility index (Phi) is 11.4. The highest BCUT2D eigenvalue weighted by Gasteiger charge is 2.43. The van der Waals surface area contributed by atoms with Gasteiger partial charge in [-0.3, -0.25) is 14.4 Å². The Morgan fingerprint density at radius 3 is 2.40 bits per heavy atom. The summed E-state index contributed by atoms with van der Waals surface area (Å²) in [5.41, 5.74) is 1.19. The second-order valence-electron chi connectivity index (χ2n) is 12.5. The lowest BCUT2D eigenvalue weighted by molar-refractivity contribution is -0.141. The Bertz CT molecular complexity index is 1540. The van der Waals surface area contributed by atoms with E-state index in [-0.39, 0.29) is 36.6 Å². The Morgan fingerprint density at radius 1 is 1.06 bits per heavy atom. The number of benzene rings is 2. The summed E-state index contributed by atoms with van der Waals surface area (Å²) in [4.78, 5) is 49.3. The summed E-state index contributed by atoms with van der Waals surface area (Å²) in [6.07, 6.45) is 3.25. The molecule has 2 aliphatic rings. The molecule has 1 aromatic heterocycles. The largest absolute Gasteiger partial charge is 0.489 e. The first kappa shape index (κ1) is 35.0. The molecule has 0 spiro atoms. The van der Waals surface area contributed by atoms with Crippen molar-refractivity contribution in [1.29, 1.82) is 0 Å². The molecule has 5 atom stereocenters. The van der Waals surface area contributed by atoms with E-state index in [1.165, 1.54) is 43.5 Å². The molecule has 3 amide bonds. The SMILES string of the molecule is CNC(C)C(=O)NC(C(=O)N1CC(Oc2ccc(F)cc2)CC1CN(CCc1ccc(F)cc1)C(=O)c1cn2c(n1)CCC2)C(C)OC. The van der Waals surface area contributed by atoms with Gasteiger partial charge in [-0.05, 0) is 75.7 Å². The van der Waals surface area contributed by atoms with E-state index in [0.717, 1.165) is 30.8 Å². The minimum Gasteiger partial charge on any atom is -0.489 e. The Labute approximate surface area is 279 Å². The van der Waals surface area contributed by atoms with Gasteiger partial charge in [0.15, 0.2) is 0 Å². The molecule has 0 saturated carbocycles. The van der Waals surface area contributed by atoms with Crippen LogP contribution in [-0.4, -0.2) is 101 Å². The van der Waals surface area contributed by atoms with Crippen molar-refractivity contribution < 1.29 is 32.6 Å². The maximum atomic E-state index is 14.3. The van der Waals surface area contributed by atoms with Gasteiger partial charge in [0.2, 0.25) is 11.8 Å². The number of carbonyl (C=O) groups excluding carboxylic acids is 3. The van der Waals surface area contributed by atoms with Gasteiger partial charge < -0.3 is 34.5 Å². The number of carbonyl (C=O) groups is 3. The molecule has 2 aromatic carbocycles. The molecule has 13 heteroatoms. The maximum absolute atomic E-state index is 14.3. The van der Waals surface area contributed by atoms with E-state index >= 15 is 0 Å². The third kappa shape index (κ3) is 8.37. The van der Waals surface area contributed by atoms with Crippen LogP contribution in [0.4, 0.5) is 8.78 Å². The van der Waals surface area contributed by atoms with Gasteiger partial charge in [0, 0.05) is 45.8 Å². The molecule has 11 nitrogen and oxygen atoms in total. The molecule has 5 rings (SSSR count). The van der Waals surface area contributed by atoms with Crippen LogP contribution in [0.15, 0.2) is 54.7 Å². The van der Waals surface area contributed by atoms with Crippen LogP contribution in [0.25, 0.3) is 0 Å². The van der Waals surface area contributed by atoms with Gasteiger partial charge >= 0.3 is 0 Å². The number of likely N-dealkylation sites (tertiary alicyclic amines) is 1. The quantitative estimate of drug-likeness (QED) is 0.272. The van der Waals surface area contributed by atoms with Gasteiger partial charge in [-0.15, -0.1) is 0 Å². The highest BCUT2D eigenvalue weighted by molar-refractivity contribution is 5.93. The van der Waals surface area contributed by atoms with Crippen molar-refractivity contribution in [2.75, 3.05) is 33.8 Å². The summed E-state index contributed by atoms with van der Waals surface area (Å²) in [5.74, 6) is -0.433. The summed E-state index contributed by atoms with van der Waals surface area (Å²) in [6, 6.07) is 9.75. The van der Waals surface area contributed by atoms with Gasteiger partial charge in [-0.25, -0.2) is 13.8 Å². The predicted octanol–water partition coefficient (Wildman–Crippen LogP) is 2.97. The molecule has 1 fully saturated rings. The maximum Gasteiger partial charge on any atom is 0.274 e. The molecule has 0 radical (unpaired) electrons. The number of likely N-dealkylation sites (N-methyl/N-ethyl adjacent to an activating group) is 1. The van der Waals surface area contributed by atoms with Gasteiger partial charge in [-0.2, -0.15) is 0 Å². The van der Waals surface area contributed by atoms with E-state index in [2.05, 4.69) is 15.6 Å². The van der Waals surface area contributed by atoms with Crippen LogP contribution in [0.3, 0.4) is 0 Å². The van der Waals surface area contributed by atoms with Crippen molar-refractivity contribution in [1.82, 2.24) is 30.0 Å². The monoisotopic (exact) mass is 666 g/mol. The number of hydrogen-bond donors (Lipinski definition) is 2. The number of amides is 3. The van der Waals surface area contributed by atoms with Gasteiger partial charge in [0.25, 0.3) is 5.91 Å². The Hall–Kier alpha value is -4.36. The topological polar surface area (TPSA) is 118 Å². The number of imidazole rings is 1. The van der Waals surface area contributed by atoms with Crippen LogP contribution in [0.2, 0.25) is 0 Å². The third-order valence-corrected chi connectivity index (χ3v) is 9.19. The lowest BCUT2D eigenvalue weighted by Gasteiger charge is -2.34. The van der Waals surface area contributed by atoms with Crippen LogP contribution in [0, 0.1) is 11.6 Å². The van der Waals surface area contributed by atoms with Crippen molar-refractivity contribution in [3.63, 3.8) is 0 Å². The molecule has 48 heavy (non-hydrogen) atoms. The molecule has 5 unspecified atom stereocenters. The minimum absolute atomic E-state index is 0.159. The summed E-state index contributed by atoms with van der Waals surface area (Å²) in [6.45, 7) is 4.82. The van der Waals surface area contributed by atoms with E-state index in [1.807, 2.05) is 4.57 Å². The zero-order valence-corrected chi connectivity index (χ0v) is 27.8. The van der Waals surface area contributed by atoms with E-state index in [1.54, 1.807) is 49.0 Å². The molecule has 2 aliphatic heterocycles. The number of fused-ring (bicyclic) bond motifs is 1. The minimum atomic E-state index is -1.01. The number of aromatic nitrogens is 2. The highest BCUT2D eigenvalue weighted by Crippen LogP contribution is 2.27. The van der Waals surface area contributed by atoms with E-state index in [0.29, 0.717) is 30.8 Å². The molecule has 3 heterocycles. The summed E-state index contributed by atoms with van der Waals surface area (Å²) < 4.78 is 41.0. The van der Waals surface area contributed by atoms with Crippen LogP contribution in [0.5, 0.6) is 5.75 Å². The molecule has 2 N–H and O–H groups in total. The first-order valence-electron chi connectivity index (χ1n) is 16.4. The molecule has 0 bridgehead atoms. The van der Waals surface area contributed by atoms with E-state index in [4.69, 9.17) is 9.47 Å². The van der Waals surface area contributed by atoms with Crippen molar-refractivity contribution >= 4 is 17.7 Å². The smallest absolute Gasteiger partial charge is 0.274 e. The van der Waals surface area contributed by atoms with Crippen LogP contribution in [-0.2, 0) is 33.7 Å². The third-order valence-electron chi connectivity index (χ3n) is 9.19. The molecular formula is C35H44F2N6O5. The normalized spacial score (nSPS) is 19.0. The number of ether oxygens (including phenoxy) is 2. The zero-order valence-electron chi connectivity index (χ0n) is 27.8. The summed E-state index contributed by atoms with van der Waals surface area (Å²) in [5, 5.41) is 5.72. The number of halogens is 2. The second kappa shape index (κ2) is 15.7. The highest BCUT2D eigenvalue weighted by atomic mass is 19.1. The van der Waals surface area contributed by atoms with Crippen LogP contribution in [0.1, 0.15) is 48.6 Å². The fourth-order valence-electron chi connectivity index (χ4n) is 6.18. The Morgan fingerprint density at radius 2 is 1.75 bits per heavy atom. The number of rotatable bonds is 14. The average molecular weight is 667 g/mol.